The zero-order valence-corrected chi connectivity index (χ0v) is 13.3. The Morgan fingerprint density at radius 2 is 1.76 bits per heavy atom. The molecular weight excluding hydrogens is 228 g/mol. The van der Waals surface area contributed by atoms with Gasteiger partial charge in [-0.05, 0) is 43.3 Å². The first kappa shape index (κ1) is 15.2. The fourth-order valence-electron chi connectivity index (χ4n) is 2.28. The van der Waals surface area contributed by atoms with Crippen molar-refractivity contribution in [3.05, 3.63) is 0 Å². The highest BCUT2D eigenvalue weighted by molar-refractivity contribution is 6.74. The van der Waals surface area contributed by atoms with Crippen LogP contribution >= 0.6 is 0 Å². The van der Waals surface area contributed by atoms with E-state index in [0.717, 1.165) is 6.42 Å². The van der Waals surface area contributed by atoms with E-state index in [4.69, 9.17) is 4.43 Å². The summed E-state index contributed by atoms with van der Waals surface area (Å²) in [5.74, 6) is 0.465. The molecule has 0 aliphatic heterocycles. The molecule has 0 aromatic carbocycles. The van der Waals surface area contributed by atoms with Gasteiger partial charge in [0.15, 0.2) is 8.32 Å². The van der Waals surface area contributed by atoms with E-state index >= 15 is 0 Å². The lowest BCUT2D eigenvalue weighted by atomic mass is 10.0. The highest BCUT2D eigenvalue weighted by atomic mass is 28.4. The Bertz CT molecular complexity index is 233. The average Bonchev–Trinajstić information content (AvgIpc) is 2.40. The molecule has 2 unspecified atom stereocenters. The molecule has 0 amide bonds. The molecule has 0 bridgehead atoms. The van der Waals surface area contributed by atoms with Gasteiger partial charge < -0.3 is 9.53 Å². The molecule has 0 aromatic rings. The predicted molar refractivity (Wildman–Crippen MR) is 75.7 cm³/mol. The summed E-state index contributed by atoms with van der Waals surface area (Å²) in [6.45, 7) is 11.9. The molecule has 2 atom stereocenters. The van der Waals surface area contributed by atoms with E-state index in [0.29, 0.717) is 18.6 Å². The van der Waals surface area contributed by atoms with Gasteiger partial charge in [0.1, 0.15) is 0 Å². The van der Waals surface area contributed by atoms with Crippen LogP contribution in [-0.4, -0.2) is 26.1 Å². The van der Waals surface area contributed by atoms with Crippen LogP contribution in [0.1, 0.15) is 52.9 Å². The summed E-state index contributed by atoms with van der Waals surface area (Å²) >= 11 is 0. The van der Waals surface area contributed by atoms with Gasteiger partial charge in [-0.1, -0.05) is 33.6 Å². The fraction of sp³-hybridized carbons (Fsp3) is 1.00. The van der Waals surface area contributed by atoms with Gasteiger partial charge in [-0.3, -0.25) is 0 Å². The first-order chi connectivity index (χ1) is 7.76. The van der Waals surface area contributed by atoms with Crippen LogP contribution in [0.15, 0.2) is 0 Å². The predicted octanol–water partition coefficient (Wildman–Crippen LogP) is 3.95. The Morgan fingerprint density at radius 1 is 1.18 bits per heavy atom. The molecule has 0 saturated heterocycles. The second kappa shape index (κ2) is 5.85. The Morgan fingerprint density at radius 3 is 2.29 bits per heavy atom. The molecule has 17 heavy (non-hydrogen) atoms. The SMILES string of the molecule is CC(C)(C)[Si](C)(C)OC1CCCCC(CO)C1. The molecule has 1 aliphatic carbocycles. The van der Waals surface area contributed by atoms with Crippen molar-refractivity contribution < 1.29 is 9.53 Å². The average molecular weight is 258 g/mol. The number of hydrogen-bond acceptors (Lipinski definition) is 2. The minimum Gasteiger partial charge on any atom is -0.414 e. The highest BCUT2D eigenvalue weighted by Gasteiger charge is 2.39. The lowest BCUT2D eigenvalue weighted by molar-refractivity contribution is 0.125. The molecule has 1 rings (SSSR count). The first-order valence-corrected chi connectivity index (χ1v) is 9.96. The van der Waals surface area contributed by atoms with Gasteiger partial charge in [0.25, 0.3) is 0 Å². The summed E-state index contributed by atoms with van der Waals surface area (Å²) in [6, 6.07) is 0. The number of aliphatic hydroxyl groups excluding tert-OH is 1. The van der Waals surface area contributed by atoms with Crippen LogP contribution in [0.25, 0.3) is 0 Å². The first-order valence-electron chi connectivity index (χ1n) is 7.05. The van der Waals surface area contributed by atoms with Crippen LogP contribution in [0.4, 0.5) is 0 Å². The molecule has 1 saturated carbocycles. The highest BCUT2D eigenvalue weighted by Crippen LogP contribution is 2.39. The van der Waals surface area contributed by atoms with Crippen molar-refractivity contribution in [1.29, 1.82) is 0 Å². The minimum absolute atomic E-state index is 0.286. The van der Waals surface area contributed by atoms with E-state index in [1.165, 1.54) is 25.7 Å². The zero-order chi connectivity index (χ0) is 13.1. The lowest BCUT2D eigenvalue weighted by Gasteiger charge is -2.39. The molecule has 3 heteroatoms. The second-order valence-electron chi connectivity index (χ2n) is 7.07. The van der Waals surface area contributed by atoms with Gasteiger partial charge in [-0.25, -0.2) is 0 Å². The number of rotatable bonds is 3. The molecule has 0 spiro atoms. The molecule has 2 nitrogen and oxygen atoms in total. The maximum atomic E-state index is 9.35. The molecule has 0 radical (unpaired) electrons. The van der Waals surface area contributed by atoms with Crippen LogP contribution in [0.5, 0.6) is 0 Å². The fourth-order valence-corrected chi connectivity index (χ4v) is 3.68. The van der Waals surface area contributed by atoms with E-state index < -0.39 is 8.32 Å². The van der Waals surface area contributed by atoms with Crippen molar-refractivity contribution in [2.45, 2.75) is 77.1 Å². The van der Waals surface area contributed by atoms with Crippen molar-refractivity contribution in [3.63, 3.8) is 0 Å². The Labute approximate surface area is 108 Å². The van der Waals surface area contributed by atoms with E-state index in [1.807, 2.05) is 0 Å². The minimum atomic E-state index is -1.64. The van der Waals surface area contributed by atoms with Crippen molar-refractivity contribution >= 4 is 8.32 Å². The van der Waals surface area contributed by atoms with Gasteiger partial charge >= 0.3 is 0 Å². The van der Waals surface area contributed by atoms with Crippen molar-refractivity contribution in [1.82, 2.24) is 0 Å². The normalized spacial score (nSPS) is 27.9. The maximum absolute atomic E-state index is 9.35. The molecule has 0 heterocycles. The maximum Gasteiger partial charge on any atom is 0.192 e. The molecular formula is C14H30O2Si. The number of aliphatic hydroxyl groups is 1. The Kier molecular flexibility index (Phi) is 5.23. The van der Waals surface area contributed by atoms with Gasteiger partial charge in [-0.2, -0.15) is 0 Å². The zero-order valence-electron chi connectivity index (χ0n) is 12.3. The number of hydrogen-bond donors (Lipinski definition) is 1. The van der Waals surface area contributed by atoms with Gasteiger partial charge in [0.05, 0.1) is 0 Å². The molecule has 1 N–H and O–H groups in total. The summed E-state index contributed by atoms with van der Waals surface area (Å²) in [5.41, 5.74) is 0. The van der Waals surface area contributed by atoms with Gasteiger partial charge in [-0.15, -0.1) is 0 Å². The largest absolute Gasteiger partial charge is 0.414 e. The summed E-state index contributed by atoms with van der Waals surface area (Å²) in [6.07, 6.45) is 6.31. The van der Waals surface area contributed by atoms with Crippen molar-refractivity contribution in [3.8, 4) is 0 Å². The van der Waals surface area contributed by atoms with Crippen LogP contribution in [0.2, 0.25) is 18.1 Å². The third-order valence-electron chi connectivity index (χ3n) is 4.51. The van der Waals surface area contributed by atoms with Gasteiger partial charge in [0.2, 0.25) is 0 Å². The van der Waals surface area contributed by atoms with Crippen LogP contribution < -0.4 is 0 Å². The van der Waals surface area contributed by atoms with E-state index in [1.54, 1.807) is 0 Å². The summed E-state index contributed by atoms with van der Waals surface area (Å²) < 4.78 is 6.48. The summed E-state index contributed by atoms with van der Waals surface area (Å²) in [7, 11) is -1.64. The smallest absolute Gasteiger partial charge is 0.192 e. The topological polar surface area (TPSA) is 29.5 Å². The van der Waals surface area contributed by atoms with Crippen molar-refractivity contribution in [2.75, 3.05) is 6.61 Å². The van der Waals surface area contributed by atoms with Crippen LogP contribution in [0.3, 0.4) is 0 Å². The summed E-state index contributed by atoms with van der Waals surface area (Å²) in [5, 5.41) is 9.63. The third-order valence-corrected chi connectivity index (χ3v) is 9.05. The van der Waals surface area contributed by atoms with Crippen LogP contribution in [0, 0.1) is 5.92 Å². The second-order valence-corrected chi connectivity index (χ2v) is 11.8. The van der Waals surface area contributed by atoms with E-state index in [2.05, 4.69) is 33.9 Å². The monoisotopic (exact) mass is 258 g/mol. The third kappa shape index (κ3) is 4.38. The summed E-state index contributed by atoms with van der Waals surface area (Å²) in [4.78, 5) is 0. The molecule has 0 aromatic heterocycles. The molecule has 1 fully saturated rings. The van der Waals surface area contributed by atoms with Crippen LogP contribution in [-0.2, 0) is 4.43 Å². The molecule has 102 valence electrons. The standard InChI is InChI=1S/C14H30O2Si/c1-14(2,3)17(4,5)16-13-9-7-6-8-12(10-13)11-15/h12-13,15H,6-11H2,1-5H3. The Balaban J connectivity index is 2.60. The van der Waals surface area contributed by atoms with E-state index in [9.17, 15) is 5.11 Å². The quantitative estimate of drug-likeness (QED) is 0.613. The van der Waals surface area contributed by atoms with Crippen molar-refractivity contribution in [2.24, 2.45) is 5.92 Å². The molecule has 1 aliphatic rings. The van der Waals surface area contributed by atoms with Gasteiger partial charge in [0, 0.05) is 12.7 Å². The lowest BCUT2D eigenvalue weighted by Crippen LogP contribution is -2.44. The Hall–Kier alpha value is 0.137. The van der Waals surface area contributed by atoms with E-state index in [-0.39, 0.29) is 5.04 Å².